The summed E-state index contributed by atoms with van der Waals surface area (Å²) >= 11 is 3.64. The lowest BCUT2D eigenvalue weighted by Crippen LogP contribution is -2.52. The molecule has 2 fully saturated rings. The molecular formula is C26H34BrN5O4. The van der Waals surface area contributed by atoms with Crippen LogP contribution in [0.3, 0.4) is 0 Å². The predicted octanol–water partition coefficient (Wildman–Crippen LogP) is 5.58. The van der Waals surface area contributed by atoms with Crippen molar-refractivity contribution < 1.29 is 19.0 Å². The molecule has 1 aliphatic carbocycles. The van der Waals surface area contributed by atoms with Gasteiger partial charge < -0.3 is 18.8 Å². The van der Waals surface area contributed by atoms with Crippen molar-refractivity contribution in [2.45, 2.75) is 83.4 Å². The van der Waals surface area contributed by atoms with Crippen molar-refractivity contribution >= 4 is 32.9 Å². The Balaban J connectivity index is 1.30. The first kappa shape index (κ1) is 25.1. The number of benzene rings is 1. The van der Waals surface area contributed by atoms with Crippen LogP contribution in [0.1, 0.15) is 64.8 Å². The van der Waals surface area contributed by atoms with E-state index in [1.165, 1.54) is 0 Å². The van der Waals surface area contributed by atoms with Gasteiger partial charge in [-0.05, 0) is 52.2 Å². The fourth-order valence-electron chi connectivity index (χ4n) is 4.77. The normalized spacial score (nSPS) is 22.3. The maximum absolute atomic E-state index is 13.1. The number of carbonyl (C=O) groups excluding carboxylic acids is 1. The molecule has 1 unspecified atom stereocenters. The molecule has 2 aliphatic rings. The average Bonchev–Trinajstić information content (AvgIpc) is 3.40. The summed E-state index contributed by atoms with van der Waals surface area (Å²) in [6.45, 7) is 6.86. The van der Waals surface area contributed by atoms with Gasteiger partial charge in [0.15, 0.2) is 6.23 Å². The molecule has 1 saturated carbocycles. The van der Waals surface area contributed by atoms with Gasteiger partial charge in [-0.1, -0.05) is 15.9 Å². The molecule has 10 heteroatoms. The first-order chi connectivity index (χ1) is 17.2. The average molecular weight is 560 g/mol. The summed E-state index contributed by atoms with van der Waals surface area (Å²) < 4.78 is 23.0. The number of ether oxygens (including phenoxy) is 3. The fraction of sp³-hybridized carbons (Fsp3) is 0.577. The quantitative estimate of drug-likeness (QED) is 0.392. The first-order valence-electron chi connectivity index (χ1n) is 12.6. The Bertz CT molecular complexity index is 1220. The van der Waals surface area contributed by atoms with Gasteiger partial charge in [0.05, 0.1) is 35.7 Å². The summed E-state index contributed by atoms with van der Waals surface area (Å²) in [7, 11) is 1.93. The van der Waals surface area contributed by atoms with E-state index < -0.39 is 5.60 Å². The molecule has 194 valence electrons. The highest BCUT2D eigenvalue weighted by molar-refractivity contribution is 9.10. The van der Waals surface area contributed by atoms with Crippen LogP contribution in [0.15, 0.2) is 35.3 Å². The van der Waals surface area contributed by atoms with Crippen LogP contribution in [0.5, 0.6) is 5.75 Å². The van der Waals surface area contributed by atoms with Crippen molar-refractivity contribution in [3.63, 3.8) is 0 Å². The third-order valence-corrected chi connectivity index (χ3v) is 7.21. The highest BCUT2D eigenvalue weighted by Crippen LogP contribution is 2.38. The number of imidazole rings is 1. The van der Waals surface area contributed by atoms with Crippen LogP contribution in [-0.4, -0.2) is 54.7 Å². The van der Waals surface area contributed by atoms with Crippen LogP contribution in [0.2, 0.25) is 0 Å². The summed E-state index contributed by atoms with van der Waals surface area (Å²) in [5.74, 6) is 0.792. The monoisotopic (exact) mass is 559 g/mol. The Hall–Kier alpha value is -2.59. The third-order valence-electron chi connectivity index (χ3n) is 6.75. The molecule has 0 bridgehead atoms. The molecule has 3 heterocycles. The molecule has 0 radical (unpaired) electrons. The lowest BCUT2D eigenvalue weighted by Gasteiger charge is -2.42. The molecular weight excluding hydrogens is 526 g/mol. The summed E-state index contributed by atoms with van der Waals surface area (Å²) in [5.41, 5.74) is 1.39. The molecule has 5 rings (SSSR count). The SMILES string of the molecule is Cn1cncc1CN(C(=O)OC(C)(C)C)C1CC(Oc2cc(Br)cc3c2cnn3C2CCCCO2)C1. The van der Waals surface area contributed by atoms with Gasteiger partial charge in [-0.15, -0.1) is 0 Å². The van der Waals surface area contributed by atoms with E-state index in [0.717, 1.165) is 65.5 Å². The number of rotatable bonds is 6. The van der Waals surface area contributed by atoms with Crippen molar-refractivity contribution in [3.05, 3.63) is 41.0 Å². The molecule has 1 aliphatic heterocycles. The number of hydrogen-bond acceptors (Lipinski definition) is 6. The topological polar surface area (TPSA) is 83.6 Å². The third kappa shape index (κ3) is 5.39. The molecule has 0 N–H and O–H groups in total. The van der Waals surface area contributed by atoms with Gasteiger partial charge in [-0.2, -0.15) is 5.10 Å². The number of aryl methyl sites for hydroxylation is 1. The number of hydrogen-bond donors (Lipinski definition) is 0. The largest absolute Gasteiger partial charge is 0.489 e. The minimum Gasteiger partial charge on any atom is -0.489 e. The van der Waals surface area contributed by atoms with E-state index in [9.17, 15) is 4.79 Å². The lowest BCUT2D eigenvalue weighted by molar-refractivity contribution is -0.0366. The van der Waals surface area contributed by atoms with E-state index in [2.05, 4.69) is 32.1 Å². The second-order valence-corrected chi connectivity index (χ2v) is 11.6. The molecule has 1 aromatic carbocycles. The molecule has 2 aromatic heterocycles. The minimum atomic E-state index is -0.564. The molecule has 36 heavy (non-hydrogen) atoms. The van der Waals surface area contributed by atoms with E-state index >= 15 is 0 Å². The smallest absolute Gasteiger partial charge is 0.410 e. The van der Waals surface area contributed by atoms with Crippen molar-refractivity contribution in [3.8, 4) is 5.75 Å². The molecule has 1 atom stereocenters. The number of carbonyl (C=O) groups is 1. The van der Waals surface area contributed by atoms with Gasteiger partial charge in [0.2, 0.25) is 0 Å². The van der Waals surface area contributed by atoms with Gasteiger partial charge in [0.25, 0.3) is 0 Å². The molecule has 1 saturated heterocycles. The van der Waals surface area contributed by atoms with E-state index in [1.54, 1.807) is 17.4 Å². The maximum atomic E-state index is 13.1. The second kappa shape index (κ2) is 10.0. The number of aromatic nitrogens is 4. The van der Waals surface area contributed by atoms with Crippen molar-refractivity contribution in [1.82, 2.24) is 24.2 Å². The molecule has 9 nitrogen and oxygen atoms in total. The molecule has 0 spiro atoms. The second-order valence-electron chi connectivity index (χ2n) is 10.7. The number of halogens is 1. The van der Waals surface area contributed by atoms with Gasteiger partial charge in [-0.3, -0.25) is 4.90 Å². The highest BCUT2D eigenvalue weighted by Gasteiger charge is 2.40. The Kier molecular flexibility index (Phi) is 7.00. The zero-order valence-corrected chi connectivity index (χ0v) is 22.9. The Labute approximate surface area is 219 Å². The van der Waals surface area contributed by atoms with E-state index in [4.69, 9.17) is 14.2 Å². The van der Waals surface area contributed by atoms with Gasteiger partial charge in [-0.25, -0.2) is 14.5 Å². The summed E-state index contributed by atoms with van der Waals surface area (Å²) in [4.78, 5) is 19.1. The molecule has 3 aromatic rings. The van der Waals surface area contributed by atoms with Gasteiger partial charge >= 0.3 is 6.09 Å². The fourth-order valence-corrected chi connectivity index (χ4v) is 5.19. The van der Waals surface area contributed by atoms with Crippen molar-refractivity contribution in [2.75, 3.05) is 6.61 Å². The number of nitrogens with zero attached hydrogens (tertiary/aromatic N) is 5. The lowest BCUT2D eigenvalue weighted by atomic mass is 9.87. The van der Waals surface area contributed by atoms with E-state index in [0.29, 0.717) is 6.54 Å². The van der Waals surface area contributed by atoms with Gasteiger partial charge in [0, 0.05) is 43.2 Å². The van der Waals surface area contributed by atoms with Crippen LogP contribution >= 0.6 is 15.9 Å². The van der Waals surface area contributed by atoms with Crippen molar-refractivity contribution in [2.24, 2.45) is 7.05 Å². The zero-order valence-electron chi connectivity index (χ0n) is 21.3. The maximum Gasteiger partial charge on any atom is 0.410 e. The highest BCUT2D eigenvalue weighted by atomic mass is 79.9. The first-order valence-corrected chi connectivity index (χ1v) is 13.4. The van der Waals surface area contributed by atoms with Crippen LogP contribution in [0.25, 0.3) is 10.9 Å². The van der Waals surface area contributed by atoms with E-state index in [-0.39, 0.29) is 24.5 Å². The van der Waals surface area contributed by atoms with Crippen LogP contribution in [0, 0.1) is 0 Å². The predicted molar refractivity (Wildman–Crippen MR) is 139 cm³/mol. The summed E-state index contributed by atoms with van der Waals surface area (Å²) in [5, 5.41) is 5.60. The Morgan fingerprint density at radius 3 is 2.72 bits per heavy atom. The standard InChI is InChI=1S/C26H34BrN5O4/c1-26(2,3)36-25(33)31(15-19-13-28-16-30(19)4)18-11-20(12-18)35-23-10-17(27)9-22-21(23)14-29-32(22)24-7-5-6-8-34-24/h9-10,13-14,16,18,20,24H,5-8,11-12,15H2,1-4H3. The summed E-state index contributed by atoms with van der Waals surface area (Å²) in [6.07, 6.45) is 9.68. The number of fused-ring (bicyclic) bond motifs is 1. The minimum absolute atomic E-state index is 0.00162. The zero-order chi connectivity index (χ0) is 25.4. The van der Waals surface area contributed by atoms with Crippen LogP contribution < -0.4 is 4.74 Å². The van der Waals surface area contributed by atoms with Crippen LogP contribution in [-0.2, 0) is 23.1 Å². The van der Waals surface area contributed by atoms with Crippen molar-refractivity contribution in [1.29, 1.82) is 0 Å². The summed E-state index contributed by atoms with van der Waals surface area (Å²) in [6, 6.07) is 4.08. The van der Waals surface area contributed by atoms with E-state index in [1.807, 2.05) is 49.3 Å². The van der Waals surface area contributed by atoms with Gasteiger partial charge in [0.1, 0.15) is 17.5 Å². The Morgan fingerprint density at radius 2 is 2.06 bits per heavy atom. The molecule has 1 amide bonds. The Morgan fingerprint density at radius 1 is 1.25 bits per heavy atom. The van der Waals surface area contributed by atoms with Crippen LogP contribution in [0.4, 0.5) is 4.79 Å². The number of amides is 1.